The molecular weight excluding hydrogens is 573 g/mol. The lowest BCUT2D eigenvalue weighted by atomic mass is 9.76. The van der Waals surface area contributed by atoms with E-state index in [0.29, 0.717) is 18.4 Å². The van der Waals surface area contributed by atoms with E-state index in [1.54, 1.807) is 6.92 Å². The third kappa shape index (κ3) is 7.68. The quantitative estimate of drug-likeness (QED) is 0.343. The minimum atomic E-state index is -4.58. The monoisotopic (exact) mass is 614 g/mol. The van der Waals surface area contributed by atoms with E-state index in [1.807, 2.05) is 30.3 Å². The second-order valence-corrected chi connectivity index (χ2v) is 12.1. The number of alkyl halides is 3. The van der Waals surface area contributed by atoms with Gasteiger partial charge in [0, 0.05) is 18.7 Å². The molecule has 4 rings (SSSR count). The Kier molecular flexibility index (Phi) is 10.2. The fourth-order valence-electron chi connectivity index (χ4n) is 5.85. The highest BCUT2D eigenvalue weighted by Crippen LogP contribution is 2.43. The SMILES string of the molecule is CCN(CC1=C(c2cccc(C(F)(F)F)c2)C(=O)NC12CCCCC2)C(=O)[C@@H](COCc1ccccc1)NC(=O)C(C)(C)N. The Labute approximate surface area is 256 Å². The van der Waals surface area contributed by atoms with Crippen LogP contribution in [0.25, 0.3) is 5.57 Å². The summed E-state index contributed by atoms with van der Waals surface area (Å²) in [6.45, 7) is 5.13. The van der Waals surface area contributed by atoms with Gasteiger partial charge in [-0.2, -0.15) is 13.2 Å². The van der Waals surface area contributed by atoms with Crippen molar-refractivity contribution in [2.24, 2.45) is 5.73 Å². The molecule has 11 heteroatoms. The smallest absolute Gasteiger partial charge is 0.374 e. The molecule has 0 saturated heterocycles. The first-order valence-electron chi connectivity index (χ1n) is 15.0. The van der Waals surface area contributed by atoms with E-state index in [-0.39, 0.29) is 37.4 Å². The molecule has 2 aromatic carbocycles. The average molecular weight is 615 g/mol. The molecule has 0 radical (unpaired) electrons. The van der Waals surface area contributed by atoms with Crippen LogP contribution in [0, 0.1) is 0 Å². The summed E-state index contributed by atoms with van der Waals surface area (Å²) in [6, 6.07) is 13.0. The van der Waals surface area contributed by atoms with Crippen molar-refractivity contribution in [1.82, 2.24) is 15.5 Å². The number of likely N-dealkylation sites (N-methyl/N-ethyl adjacent to an activating group) is 1. The molecule has 4 N–H and O–H groups in total. The molecule has 8 nitrogen and oxygen atoms in total. The van der Waals surface area contributed by atoms with Crippen LogP contribution in [-0.2, 0) is 31.9 Å². The van der Waals surface area contributed by atoms with Gasteiger partial charge in [-0.05, 0) is 62.4 Å². The molecule has 1 aliphatic heterocycles. The zero-order valence-corrected chi connectivity index (χ0v) is 25.4. The largest absolute Gasteiger partial charge is 0.416 e. The lowest BCUT2D eigenvalue weighted by Crippen LogP contribution is -2.58. The van der Waals surface area contributed by atoms with Gasteiger partial charge in [-0.1, -0.05) is 61.7 Å². The topological polar surface area (TPSA) is 114 Å². The molecule has 1 heterocycles. The number of rotatable bonds is 11. The van der Waals surface area contributed by atoms with Gasteiger partial charge in [0.2, 0.25) is 11.8 Å². The Morgan fingerprint density at radius 2 is 1.75 bits per heavy atom. The maximum atomic E-state index is 14.1. The summed E-state index contributed by atoms with van der Waals surface area (Å²) >= 11 is 0. The number of carbonyl (C=O) groups is 3. The van der Waals surface area contributed by atoms with Crippen molar-refractivity contribution < 1.29 is 32.3 Å². The predicted octanol–water partition coefficient (Wildman–Crippen LogP) is 4.58. The van der Waals surface area contributed by atoms with Gasteiger partial charge in [0.25, 0.3) is 5.91 Å². The predicted molar refractivity (Wildman–Crippen MR) is 161 cm³/mol. The highest BCUT2D eigenvalue weighted by Gasteiger charge is 2.47. The lowest BCUT2D eigenvalue weighted by molar-refractivity contribution is -0.139. The standard InChI is InChI=1S/C33H41F3N4O4/c1-4-40(29(42)26(38-30(43)31(2,3)37)21-44-20-22-12-7-5-8-13-22)19-25-27(23-14-11-15-24(18-23)33(34,35)36)28(41)39-32(25)16-9-6-10-17-32/h5,7-8,11-15,18,26H,4,6,9-10,16-17,19-21,37H2,1-3H3,(H,38,43)(H,39,41)/t26-/m1/s1. The summed E-state index contributed by atoms with van der Waals surface area (Å²) < 4.78 is 46.7. The zero-order chi connectivity index (χ0) is 32.1. The molecular formula is C33H41F3N4O4. The normalized spacial score (nSPS) is 17.4. The van der Waals surface area contributed by atoms with Gasteiger partial charge < -0.3 is 26.0 Å². The number of ether oxygens (including phenoxy) is 1. The number of nitrogens with zero attached hydrogens (tertiary/aromatic N) is 1. The van der Waals surface area contributed by atoms with Gasteiger partial charge in [-0.3, -0.25) is 14.4 Å². The second-order valence-electron chi connectivity index (χ2n) is 12.1. The molecule has 44 heavy (non-hydrogen) atoms. The third-order valence-electron chi connectivity index (χ3n) is 8.27. The van der Waals surface area contributed by atoms with E-state index in [9.17, 15) is 27.6 Å². The molecule has 0 aromatic heterocycles. The zero-order valence-electron chi connectivity index (χ0n) is 25.4. The van der Waals surface area contributed by atoms with Crippen molar-refractivity contribution in [3.8, 4) is 0 Å². The first-order chi connectivity index (χ1) is 20.7. The Bertz CT molecular complexity index is 1380. The Morgan fingerprint density at radius 1 is 1.07 bits per heavy atom. The summed E-state index contributed by atoms with van der Waals surface area (Å²) in [5.41, 5.74) is 4.92. The molecule has 2 aliphatic rings. The highest BCUT2D eigenvalue weighted by atomic mass is 19.4. The first kappa shape index (κ1) is 33.2. The first-order valence-corrected chi connectivity index (χ1v) is 15.0. The van der Waals surface area contributed by atoms with E-state index in [4.69, 9.17) is 10.5 Å². The van der Waals surface area contributed by atoms with Crippen LogP contribution < -0.4 is 16.4 Å². The number of halogens is 3. The Hall–Kier alpha value is -3.70. The van der Waals surface area contributed by atoms with E-state index in [1.165, 1.54) is 30.9 Å². The molecule has 1 fully saturated rings. The summed E-state index contributed by atoms with van der Waals surface area (Å²) in [5, 5.41) is 5.81. The van der Waals surface area contributed by atoms with Crippen LogP contribution in [0.3, 0.4) is 0 Å². The molecule has 3 amide bonds. The molecule has 1 spiro atoms. The van der Waals surface area contributed by atoms with Crippen molar-refractivity contribution >= 4 is 23.3 Å². The third-order valence-corrected chi connectivity index (χ3v) is 8.27. The van der Waals surface area contributed by atoms with Crippen molar-refractivity contribution in [3.05, 3.63) is 76.9 Å². The lowest BCUT2D eigenvalue weighted by Gasteiger charge is -2.38. The molecule has 1 saturated carbocycles. The summed E-state index contributed by atoms with van der Waals surface area (Å²) in [4.78, 5) is 41.9. The molecule has 238 valence electrons. The fourth-order valence-corrected chi connectivity index (χ4v) is 5.85. The van der Waals surface area contributed by atoms with Gasteiger partial charge >= 0.3 is 6.18 Å². The number of benzene rings is 2. The van der Waals surface area contributed by atoms with Crippen molar-refractivity contribution in [2.45, 2.75) is 82.8 Å². The maximum absolute atomic E-state index is 14.1. The summed E-state index contributed by atoms with van der Waals surface area (Å²) in [5.74, 6) is -1.44. The number of nitrogens with one attached hydrogen (secondary N) is 2. The Balaban J connectivity index is 1.68. The van der Waals surface area contributed by atoms with Gasteiger partial charge in [-0.15, -0.1) is 0 Å². The number of hydrogen-bond acceptors (Lipinski definition) is 5. The molecule has 2 aromatic rings. The van der Waals surface area contributed by atoms with Crippen molar-refractivity contribution in [2.75, 3.05) is 19.7 Å². The van der Waals surface area contributed by atoms with Crippen molar-refractivity contribution in [3.63, 3.8) is 0 Å². The average Bonchev–Trinajstić information content (AvgIpc) is 3.24. The number of nitrogens with two attached hydrogens (primary N) is 1. The molecule has 0 bridgehead atoms. The van der Waals surface area contributed by atoms with Gasteiger partial charge in [0.05, 0.1) is 29.9 Å². The minimum absolute atomic E-state index is 0.00325. The second kappa shape index (κ2) is 13.5. The number of hydrogen-bond donors (Lipinski definition) is 3. The van der Waals surface area contributed by atoms with Crippen LogP contribution in [0.2, 0.25) is 0 Å². The van der Waals surface area contributed by atoms with Crippen LogP contribution in [-0.4, -0.2) is 59.4 Å². The number of amides is 3. The van der Waals surface area contributed by atoms with Crippen LogP contribution in [0.4, 0.5) is 13.2 Å². The summed E-state index contributed by atoms with van der Waals surface area (Å²) in [6.07, 6.45) is -0.716. The molecule has 0 unspecified atom stereocenters. The highest BCUT2D eigenvalue weighted by molar-refractivity contribution is 6.24. The van der Waals surface area contributed by atoms with E-state index in [2.05, 4.69) is 10.6 Å². The van der Waals surface area contributed by atoms with Gasteiger partial charge in [0.1, 0.15) is 6.04 Å². The van der Waals surface area contributed by atoms with Crippen LogP contribution >= 0.6 is 0 Å². The van der Waals surface area contributed by atoms with Crippen molar-refractivity contribution in [1.29, 1.82) is 0 Å². The maximum Gasteiger partial charge on any atom is 0.416 e. The van der Waals surface area contributed by atoms with Crippen LogP contribution in [0.5, 0.6) is 0 Å². The fraction of sp³-hybridized carbons (Fsp3) is 0.485. The summed E-state index contributed by atoms with van der Waals surface area (Å²) in [7, 11) is 0. The van der Waals surface area contributed by atoms with E-state index >= 15 is 0 Å². The van der Waals surface area contributed by atoms with Gasteiger partial charge in [-0.25, -0.2) is 0 Å². The molecule has 1 atom stereocenters. The number of carbonyl (C=O) groups excluding carboxylic acids is 3. The molecule has 1 aliphatic carbocycles. The minimum Gasteiger partial charge on any atom is -0.374 e. The van der Waals surface area contributed by atoms with E-state index in [0.717, 1.165) is 37.0 Å². The van der Waals surface area contributed by atoms with Crippen LogP contribution in [0.1, 0.15) is 69.6 Å². The van der Waals surface area contributed by atoms with E-state index < -0.39 is 46.6 Å². The van der Waals surface area contributed by atoms with Crippen LogP contribution in [0.15, 0.2) is 60.2 Å². The van der Waals surface area contributed by atoms with Gasteiger partial charge in [0.15, 0.2) is 0 Å². The Morgan fingerprint density at radius 3 is 2.36 bits per heavy atom.